The van der Waals surface area contributed by atoms with Gasteiger partial charge in [0.15, 0.2) is 0 Å². The minimum absolute atomic E-state index is 0.0109. The molecule has 0 unspecified atom stereocenters. The number of aliphatic hydroxyl groups is 1. The Kier molecular flexibility index (Phi) is 5.55. The van der Waals surface area contributed by atoms with Crippen LogP contribution in [0.15, 0.2) is 42.6 Å². The molecule has 1 aliphatic rings. The van der Waals surface area contributed by atoms with Crippen LogP contribution in [0.3, 0.4) is 0 Å². The first-order valence-electron chi connectivity index (χ1n) is 8.29. The maximum atomic E-state index is 13.0. The summed E-state index contributed by atoms with van der Waals surface area (Å²) in [5.41, 5.74) is 1.21. The first kappa shape index (κ1) is 18.8. The molecule has 0 aliphatic heterocycles. The van der Waals surface area contributed by atoms with Crippen LogP contribution in [0.1, 0.15) is 30.0 Å². The third-order valence-corrected chi connectivity index (χ3v) is 5.85. The van der Waals surface area contributed by atoms with E-state index in [0.29, 0.717) is 29.8 Å². The van der Waals surface area contributed by atoms with Gasteiger partial charge in [0.25, 0.3) is 0 Å². The number of hydrogen-bond acceptors (Lipinski definition) is 5. The molecule has 1 saturated carbocycles. The predicted octanol–water partition coefficient (Wildman–Crippen LogP) is 2.16. The highest BCUT2D eigenvalue weighted by Crippen LogP contribution is 2.38. The van der Waals surface area contributed by atoms with E-state index in [1.54, 1.807) is 18.3 Å². The van der Waals surface area contributed by atoms with Gasteiger partial charge in [-0.25, -0.2) is 22.5 Å². The summed E-state index contributed by atoms with van der Waals surface area (Å²) in [7, 11) is -2.16. The lowest BCUT2D eigenvalue weighted by Gasteiger charge is -2.38. The van der Waals surface area contributed by atoms with Crippen molar-refractivity contribution in [3.05, 3.63) is 59.5 Å². The van der Waals surface area contributed by atoms with E-state index in [0.717, 1.165) is 0 Å². The number of sulfonamides is 1. The number of halogens is 1. The van der Waals surface area contributed by atoms with Gasteiger partial charge in [0, 0.05) is 12.3 Å². The van der Waals surface area contributed by atoms with Crippen molar-refractivity contribution in [3.8, 4) is 5.88 Å². The third kappa shape index (κ3) is 4.57. The van der Waals surface area contributed by atoms with E-state index in [-0.39, 0.29) is 11.7 Å². The van der Waals surface area contributed by atoms with Crippen LogP contribution in [-0.4, -0.2) is 31.7 Å². The van der Waals surface area contributed by atoms with Crippen LogP contribution >= 0.6 is 0 Å². The SMILES string of the molecule is COc1ccc([C@@H](NS(=O)(=O)Cc2ccc(F)cc2)C2CC(O)C2)cn1. The van der Waals surface area contributed by atoms with Crippen molar-refractivity contribution in [1.29, 1.82) is 0 Å². The lowest BCUT2D eigenvalue weighted by molar-refractivity contribution is 0.0279. The van der Waals surface area contributed by atoms with Gasteiger partial charge in [-0.3, -0.25) is 0 Å². The summed E-state index contributed by atoms with van der Waals surface area (Å²) in [6, 6.07) is 8.32. The normalized spacial score (nSPS) is 21.0. The Morgan fingerprint density at radius 3 is 2.50 bits per heavy atom. The molecule has 0 saturated heterocycles. The van der Waals surface area contributed by atoms with Crippen molar-refractivity contribution < 1.29 is 22.7 Å². The molecule has 1 aromatic carbocycles. The molecule has 2 N–H and O–H groups in total. The van der Waals surface area contributed by atoms with E-state index >= 15 is 0 Å². The van der Waals surface area contributed by atoms with Gasteiger partial charge in [-0.2, -0.15) is 0 Å². The number of pyridine rings is 1. The van der Waals surface area contributed by atoms with Crippen molar-refractivity contribution in [3.63, 3.8) is 0 Å². The van der Waals surface area contributed by atoms with E-state index in [1.807, 2.05) is 0 Å². The number of aromatic nitrogens is 1. The minimum atomic E-state index is -3.66. The van der Waals surface area contributed by atoms with Crippen LogP contribution in [0, 0.1) is 11.7 Å². The van der Waals surface area contributed by atoms with E-state index in [1.165, 1.54) is 31.4 Å². The lowest BCUT2D eigenvalue weighted by Crippen LogP contribution is -2.41. The molecule has 1 atom stereocenters. The molecule has 6 nitrogen and oxygen atoms in total. The fourth-order valence-electron chi connectivity index (χ4n) is 3.07. The summed E-state index contributed by atoms with van der Waals surface area (Å²) < 4.78 is 46.0. The van der Waals surface area contributed by atoms with Gasteiger partial charge in [-0.1, -0.05) is 18.2 Å². The number of benzene rings is 1. The zero-order chi connectivity index (χ0) is 18.7. The summed E-state index contributed by atoms with van der Waals surface area (Å²) in [5, 5.41) is 9.61. The molecule has 2 aromatic rings. The molecule has 140 valence electrons. The number of rotatable bonds is 7. The molecule has 26 heavy (non-hydrogen) atoms. The van der Waals surface area contributed by atoms with Gasteiger partial charge < -0.3 is 9.84 Å². The van der Waals surface area contributed by atoms with Crippen LogP contribution in [0.4, 0.5) is 4.39 Å². The first-order valence-corrected chi connectivity index (χ1v) is 9.94. The standard InChI is InChI=1S/C18H21FN2O4S/c1-25-17-7-4-13(10-20-17)18(14-8-16(22)9-14)21-26(23,24)11-12-2-5-15(19)6-3-12/h2-7,10,14,16,18,21-22H,8-9,11H2,1H3/t14?,16?,18-/m1/s1. The minimum Gasteiger partial charge on any atom is -0.481 e. The van der Waals surface area contributed by atoms with Crippen LogP contribution in [0.25, 0.3) is 0 Å². The molecule has 8 heteroatoms. The summed E-state index contributed by atoms with van der Waals surface area (Å²) in [4.78, 5) is 4.14. The van der Waals surface area contributed by atoms with E-state index < -0.39 is 28.0 Å². The zero-order valence-corrected chi connectivity index (χ0v) is 15.1. The summed E-state index contributed by atoms with van der Waals surface area (Å²) >= 11 is 0. The van der Waals surface area contributed by atoms with Crippen LogP contribution in [-0.2, 0) is 15.8 Å². The molecule has 3 rings (SSSR count). The number of ether oxygens (including phenoxy) is 1. The van der Waals surface area contributed by atoms with Gasteiger partial charge in [0.05, 0.1) is 25.0 Å². The van der Waals surface area contributed by atoms with Crippen LogP contribution in [0.2, 0.25) is 0 Å². The van der Waals surface area contributed by atoms with Crippen molar-refractivity contribution in [1.82, 2.24) is 9.71 Å². The maximum absolute atomic E-state index is 13.0. The number of nitrogens with one attached hydrogen (secondary N) is 1. The van der Waals surface area contributed by atoms with E-state index in [9.17, 15) is 17.9 Å². The quantitative estimate of drug-likeness (QED) is 0.768. The van der Waals surface area contributed by atoms with Crippen LogP contribution < -0.4 is 9.46 Å². The fraction of sp³-hybridized carbons (Fsp3) is 0.389. The molecule has 0 radical (unpaired) electrons. The Balaban J connectivity index is 1.78. The summed E-state index contributed by atoms with van der Waals surface area (Å²) in [6.07, 6.45) is 2.22. The second-order valence-electron chi connectivity index (χ2n) is 6.50. The second kappa shape index (κ2) is 7.69. The van der Waals surface area contributed by atoms with Gasteiger partial charge in [-0.05, 0) is 42.0 Å². The van der Waals surface area contributed by atoms with Crippen molar-refractivity contribution in [2.75, 3.05) is 7.11 Å². The number of aliphatic hydroxyl groups excluding tert-OH is 1. The number of methoxy groups -OCH3 is 1. The molecule has 1 heterocycles. The highest BCUT2D eigenvalue weighted by atomic mass is 32.2. The molecule has 0 spiro atoms. The van der Waals surface area contributed by atoms with E-state index in [4.69, 9.17) is 4.74 Å². The summed E-state index contributed by atoms with van der Waals surface area (Å²) in [5.74, 6) is -0.230. The van der Waals surface area contributed by atoms with Gasteiger partial charge >= 0.3 is 0 Å². The smallest absolute Gasteiger partial charge is 0.216 e. The second-order valence-corrected chi connectivity index (χ2v) is 8.25. The molecular weight excluding hydrogens is 359 g/mol. The Labute approximate surface area is 152 Å². The Hall–Kier alpha value is -2.03. The van der Waals surface area contributed by atoms with Crippen molar-refractivity contribution in [2.24, 2.45) is 5.92 Å². The molecule has 1 fully saturated rings. The highest BCUT2D eigenvalue weighted by molar-refractivity contribution is 7.88. The first-order chi connectivity index (χ1) is 12.4. The maximum Gasteiger partial charge on any atom is 0.216 e. The summed E-state index contributed by atoms with van der Waals surface area (Å²) in [6.45, 7) is 0. The Morgan fingerprint density at radius 2 is 1.96 bits per heavy atom. The molecule has 0 amide bonds. The largest absolute Gasteiger partial charge is 0.481 e. The molecular formula is C18H21FN2O4S. The molecule has 1 aromatic heterocycles. The van der Waals surface area contributed by atoms with Gasteiger partial charge in [0.2, 0.25) is 15.9 Å². The topological polar surface area (TPSA) is 88.5 Å². The van der Waals surface area contributed by atoms with Crippen molar-refractivity contribution >= 4 is 10.0 Å². The number of hydrogen-bond donors (Lipinski definition) is 2. The average molecular weight is 380 g/mol. The average Bonchev–Trinajstić information content (AvgIpc) is 2.59. The predicted molar refractivity (Wildman–Crippen MR) is 94.4 cm³/mol. The highest BCUT2D eigenvalue weighted by Gasteiger charge is 2.37. The monoisotopic (exact) mass is 380 g/mol. The number of nitrogens with zero attached hydrogens (tertiary/aromatic N) is 1. The zero-order valence-electron chi connectivity index (χ0n) is 14.3. The van der Waals surface area contributed by atoms with Gasteiger partial charge in [0.1, 0.15) is 5.82 Å². The lowest BCUT2D eigenvalue weighted by atomic mass is 9.76. The third-order valence-electron chi connectivity index (χ3n) is 4.53. The van der Waals surface area contributed by atoms with Crippen LogP contribution in [0.5, 0.6) is 5.88 Å². The Morgan fingerprint density at radius 1 is 1.27 bits per heavy atom. The van der Waals surface area contributed by atoms with E-state index in [2.05, 4.69) is 9.71 Å². The molecule has 0 bridgehead atoms. The van der Waals surface area contributed by atoms with Crippen molar-refractivity contribution in [2.45, 2.75) is 30.7 Å². The van der Waals surface area contributed by atoms with Gasteiger partial charge in [-0.15, -0.1) is 0 Å². The molecule has 1 aliphatic carbocycles. The fourth-order valence-corrected chi connectivity index (χ4v) is 4.50. The Bertz CT molecular complexity index is 834.